The molecule has 0 bridgehead atoms. The second-order valence-electron chi connectivity index (χ2n) is 12.8. The summed E-state index contributed by atoms with van der Waals surface area (Å²) in [6, 6.07) is 41.6. The van der Waals surface area contributed by atoms with Crippen molar-refractivity contribution in [1.82, 2.24) is 24.6 Å². The molecule has 0 radical (unpaired) electrons. The lowest BCUT2D eigenvalue weighted by Gasteiger charge is -2.35. The summed E-state index contributed by atoms with van der Waals surface area (Å²) in [7, 11) is 0. The number of aliphatic hydroxyl groups excluding tert-OH is 1. The lowest BCUT2D eigenvalue weighted by atomic mass is 9.77. The van der Waals surface area contributed by atoms with E-state index in [-0.39, 0.29) is 24.8 Å². The Kier molecular flexibility index (Phi) is 10.9. The van der Waals surface area contributed by atoms with Gasteiger partial charge < -0.3 is 20.1 Å². The van der Waals surface area contributed by atoms with E-state index in [4.69, 9.17) is 31.4 Å². The molecule has 0 saturated heterocycles. The fourth-order valence-electron chi connectivity index (χ4n) is 6.88. The molecule has 0 fully saturated rings. The number of aromatic nitrogens is 4. The number of nitrogens with one attached hydrogen (secondary N) is 1. The molecule has 9 nitrogen and oxygen atoms in total. The van der Waals surface area contributed by atoms with Gasteiger partial charge in [-0.3, -0.25) is 0 Å². The normalized spacial score (nSPS) is 12.0. The first-order valence-electron chi connectivity index (χ1n) is 17.6. The maximum Gasteiger partial charge on any atom is 0.322 e. The van der Waals surface area contributed by atoms with E-state index < -0.39 is 23.4 Å². The van der Waals surface area contributed by atoms with Crippen molar-refractivity contribution in [3.8, 4) is 5.88 Å². The monoisotopic (exact) mass is 740 g/mol. The Morgan fingerprint density at radius 1 is 0.870 bits per heavy atom. The van der Waals surface area contributed by atoms with Crippen molar-refractivity contribution in [2.75, 3.05) is 18.5 Å². The number of ether oxygens (including phenoxy) is 1. The minimum absolute atomic E-state index is 0.0542. The van der Waals surface area contributed by atoms with E-state index in [1.54, 1.807) is 17.4 Å². The number of carbonyl (C=O) groups is 1. The molecule has 11 heteroatoms. The zero-order chi connectivity index (χ0) is 37.5. The van der Waals surface area contributed by atoms with Gasteiger partial charge in [-0.05, 0) is 59.7 Å². The molecule has 0 aliphatic carbocycles. The van der Waals surface area contributed by atoms with Crippen LogP contribution in [0, 0.1) is 5.82 Å². The standard InChI is InChI=1S/C43H38ClFN6O3/c1-30(50(24-13-25-52)42(53)48-34-22-23-39(45)38(44)26-34)37-27-46-41(36-21-12-11-20-35(36)37)54-28-40-47-29-51(49-40)43(31-14-5-2-6-15-31,32-16-7-3-8-17-32)33-18-9-4-10-19-33/h2-12,14-23,26-27,29-30,52H,13,24-25,28H2,1H3,(H,48,53)/t30-/m1/s1. The Bertz CT molecular complexity index is 2250. The third kappa shape index (κ3) is 7.26. The van der Waals surface area contributed by atoms with Crippen LogP contribution in [0.2, 0.25) is 5.02 Å². The molecule has 2 amide bonds. The van der Waals surface area contributed by atoms with Gasteiger partial charge in [-0.15, -0.1) is 0 Å². The second kappa shape index (κ2) is 16.3. The number of pyridine rings is 1. The molecule has 0 aliphatic rings. The van der Waals surface area contributed by atoms with Crippen LogP contribution in [-0.4, -0.2) is 48.9 Å². The number of anilines is 1. The van der Waals surface area contributed by atoms with Crippen LogP contribution in [0.25, 0.3) is 10.8 Å². The number of urea groups is 1. The number of nitrogens with zero attached hydrogens (tertiary/aromatic N) is 5. The third-order valence-electron chi connectivity index (χ3n) is 9.49. The zero-order valence-corrected chi connectivity index (χ0v) is 30.3. The van der Waals surface area contributed by atoms with Crippen LogP contribution in [0.15, 0.2) is 146 Å². The van der Waals surface area contributed by atoms with Crippen molar-refractivity contribution < 1.29 is 19.0 Å². The van der Waals surface area contributed by atoms with E-state index in [1.807, 2.05) is 90.5 Å². The Hall–Kier alpha value is -6.10. The summed E-state index contributed by atoms with van der Waals surface area (Å²) in [6.07, 6.45) is 3.80. The number of benzene rings is 5. The summed E-state index contributed by atoms with van der Waals surface area (Å²) in [4.78, 5) is 24.6. The van der Waals surface area contributed by atoms with Crippen LogP contribution in [0.3, 0.4) is 0 Å². The molecule has 2 N–H and O–H groups in total. The minimum atomic E-state index is -0.811. The van der Waals surface area contributed by atoms with Gasteiger partial charge in [0.05, 0.1) is 11.1 Å². The van der Waals surface area contributed by atoms with Gasteiger partial charge in [0.15, 0.2) is 12.4 Å². The molecule has 5 aromatic carbocycles. The van der Waals surface area contributed by atoms with Gasteiger partial charge in [-0.2, -0.15) is 5.10 Å². The van der Waals surface area contributed by atoms with E-state index in [2.05, 4.69) is 41.7 Å². The van der Waals surface area contributed by atoms with Gasteiger partial charge in [-0.25, -0.2) is 23.8 Å². The van der Waals surface area contributed by atoms with Gasteiger partial charge in [-0.1, -0.05) is 121 Å². The first-order valence-corrected chi connectivity index (χ1v) is 18.0. The Morgan fingerprint density at radius 2 is 1.46 bits per heavy atom. The van der Waals surface area contributed by atoms with Gasteiger partial charge in [0, 0.05) is 36.0 Å². The highest BCUT2D eigenvalue weighted by Gasteiger charge is 2.39. The van der Waals surface area contributed by atoms with Crippen LogP contribution in [0.1, 0.15) is 47.5 Å². The second-order valence-corrected chi connectivity index (χ2v) is 13.2. The van der Waals surface area contributed by atoms with Gasteiger partial charge in [0.1, 0.15) is 17.7 Å². The maximum absolute atomic E-state index is 13.8. The van der Waals surface area contributed by atoms with Crippen LogP contribution in [0.4, 0.5) is 14.9 Å². The van der Waals surface area contributed by atoms with Crippen molar-refractivity contribution in [3.63, 3.8) is 0 Å². The summed E-state index contributed by atoms with van der Waals surface area (Å²) in [6.45, 7) is 2.11. The molecule has 1 atom stereocenters. The molecule has 2 aromatic heterocycles. The van der Waals surface area contributed by atoms with E-state index in [9.17, 15) is 14.3 Å². The predicted octanol–water partition coefficient (Wildman–Crippen LogP) is 9.02. The number of fused-ring (bicyclic) bond motifs is 1. The Balaban J connectivity index is 1.18. The van der Waals surface area contributed by atoms with Crippen molar-refractivity contribution in [2.24, 2.45) is 0 Å². The molecule has 7 aromatic rings. The van der Waals surface area contributed by atoms with Crippen molar-refractivity contribution in [3.05, 3.63) is 185 Å². The summed E-state index contributed by atoms with van der Waals surface area (Å²) in [5.41, 5.74) is 3.41. The first kappa shape index (κ1) is 36.3. The van der Waals surface area contributed by atoms with Crippen LogP contribution < -0.4 is 10.1 Å². The molecule has 2 heterocycles. The lowest BCUT2D eigenvalue weighted by molar-refractivity contribution is 0.182. The minimum Gasteiger partial charge on any atom is -0.469 e. The molecule has 0 aliphatic heterocycles. The lowest BCUT2D eigenvalue weighted by Crippen LogP contribution is -2.38. The highest BCUT2D eigenvalue weighted by molar-refractivity contribution is 6.31. The van der Waals surface area contributed by atoms with E-state index in [0.29, 0.717) is 23.8 Å². The van der Waals surface area contributed by atoms with Crippen molar-refractivity contribution in [2.45, 2.75) is 31.5 Å². The van der Waals surface area contributed by atoms with E-state index in [1.165, 1.54) is 18.2 Å². The first-order chi connectivity index (χ1) is 26.4. The summed E-state index contributed by atoms with van der Waals surface area (Å²) < 4.78 is 22.0. The fourth-order valence-corrected chi connectivity index (χ4v) is 7.06. The zero-order valence-electron chi connectivity index (χ0n) is 29.5. The molecule has 7 rings (SSSR count). The number of aliphatic hydroxyl groups is 1. The fraction of sp³-hybridized carbons (Fsp3) is 0.163. The van der Waals surface area contributed by atoms with Gasteiger partial charge in [0.25, 0.3) is 0 Å². The average molecular weight is 741 g/mol. The summed E-state index contributed by atoms with van der Waals surface area (Å²) in [5.74, 6) is 0.285. The van der Waals surface area contributed by atoms with E-state index in [0.717, 1.165) is 33.0 Å². The molecule has 272 valence electrons. The molecular formula is C43H38ClFN6O3. The number of halogens is 2. The predicted molar refractivity (Wildman–Crippen MR) is 208 cm³/mol. The largest absolute Gasteiger partial charge is 0.469 e. The van der Waals surface area contributed by atoms with Crippen LogP contribution in [0.5, 0.6) is 5.88 Å². The number of amides is 2. The Labute approximate surface area is 317 Å². The van der Waals surface area contributed by atoms with Crippen molar-refractivity contribution >= 4 is 34.1 Å². The number of rotatable bonds is 13. The summed E-state index contributed by atoms with van der Waals surface area (Å²) >= 11 is 5.96. The number of hydrogen-bond donors (Lipinski definition) is 2. The van der Waals surface area contributed by atoms with E-state index >= 15 is 0 Å². The third-order valence-corrected chi connectivity index (χ3v) is 9.78. The Morgan fingerprint density at radius 3 is 2.06 bits per heavy atom. The number of carbonyl (C=O) groups excluding carboxylic acids is 1. The average Bonchev–Trinajstić information content (AvgIpc) is 3.69. The quantitative estimate of drug-likeness (QED) is 0.114. The highest BCUT2D eigenvalue weighted by Crippen LogP contribution is 2.40. The molecule has 0 unspecified atom stereocenters. The molecule has 54 heavy (non-hydrogen) atoms. The van der Waals surface area contributed by atoms with Crippen LogP contribution in [-0.2, 0) is 12.1 Å². The van der Waals surface area contributed by atoms with Crippen LogP contribution >= 0.6 is 11.6 Å². The smallest absolute Gasteiger partial charge is 0.322 e. The summed E-state index contributed by atoms with van der Waals surface area (Å²) in [5, 5.41) is 19.0. The van der Waals surface area contributed by atoms with Gasteiger partial charge >= 0.3 is 6.03 Å². The molecule has 0 spiro atoms. The van der Waals surface area contributed by atoms with Crippen molar-refractivity contribution in [1.29, 1.82) is 0 Å². The number of hydrogen-bond acceptors (Lipinski definition) is 6. The topological polar surface area (TPSA) is 105 Å². The SMILES string of the molecule is C[C@H](c1cnc(OCc2ncn(C(c3ccccc3)(c3ccccc3)c3ccccc3)n2)c2ccccc12)N(CCCO)C(=O)Nc1ccc(F)c(Cl)c1. The molecular weight excluding hydrogens is 703 g/mol. The maximum atomic E-state index is 13.8. The highest BCUT2D eigenvalue weighted by atomic mass is 35.5. The molecule has 0 saturated carbocycles. The van der Waals surface area contributed by atoms with Gasteiger partial charge in [0.2, 0.25) is 5.88 Å².